The smallest absolute Gasteiger partial charge is 0.335 e. The molecule has 0 radical (unpaired) electrons. The monoisotopic (exact) mass is 294 g/mol. The first-order chi connectivity index (χ1) is 10.0. The molecule has 2 aliphatic rings. The second-order valence-electron chi connectivity index (χ2n) is 6.43. The first-order valence-corrected chi connectivity index (χ1v) is 8.08. The van der Waals surface area contributed by atoms with Crippen molar-refractivity contribution in [3.05, 3.63) is 0 Å². The summed E-state index contributed by atoms with van der Waals surface area (Å²) in [5.41, 5.74) is -1.55. The molecule has 0 N–H and O–H groups in total. The molecule has 0 aromatic heterocycles. The standard InChI is InChI=1S/C16H26N2O3/c1-13(19)15(9-5-3-6-10-15)17-18-16(14(20)21-2)11-7-4-8-12-16/h3-12H2,1-2H3. The fraction of sp³-hybridized carbons (Fsp3) is 0.875. The Morgan fingerprint density at radius 2 is 1.24 bits per heavy atom. The van der Waals surface area contributed by atoms with Gasteiger partial charge in [-0.25, -0.2) is 4.79 Å². The van der Waals surface area contributed by atoms with Gasteiger partial charge in [0, 0.05) is 0 Å². The van der Waals surface area contributed by atoms with E-state index in [0.717, 1.165) is 51.4 Å². The SMILES string of the molecule is COC(=O)C1(N=NC2(C(C)=O)CCCCC2)CCCCC1. The van der Waals surface area contributed by atoms with Gasteiger partial charge >= 0.3 is 5.97 Å². The van der Waals surface area contributed by atoms with Gasteiger partial charge in [0.2, 0.25) is 0 Å². The number of hydrogen-bond donors (Lipinski definition) is 0. The molecule has 21 heavy (non-hydrogen) atoms. The number of rotatable bonds is 4. The summed E-state index contributed by atoms with van der Waals surface area (Å²) in [6.07, 6.45) is 9.05. The number of esters is 1. The van der Waals surface area contributed by atoms with E-state index in [1.165, 1.54) is 7.11 Å². The topological polar surface area (TPSA) is 68.1 Å². The maximum absolute atomic E-state index is 12.2. The molecule has 0 atom stereocenters. The van der Waals surface area contributed by atoms with Crippen LogP contribution >= 0.6 is 0 Å². The predicted molar refractivity (Wildman–Crippen MR) is 79.2 cm³/mol. The quantitative estimate of drug-likeness (QED) is 0.587. The summed E-state index contributed by atoms with van der Waals surface area (Å²) in [7, 11) is 1.40. The molecule has 0 bridgehead atoms. The van der Waals surface area contributed by atoms with Crippen LogP contribution in [0.25, 0.3) is 0 Å². The Bertz CT molecular complexity index is 419. The van der Waals surface area contributed by atoms with Gasteiger partial charge in [-0.1, -0.05) is 38.5 Å². The van der Waals surface area contributed by atoms with E-state index in [2.05, 4.69) is 10.2 Å². The van der Waals surface area contributed by atoms with E-state index < -0.39 is 11.1 Å². The van der Waals surface area contributed by atoms with E-state index in [1.54, 1.807) is 6.92 Å². The largest absolute Gasteiger partial charge is 0.467 e. The number of methoxy groups -OCH3 is 1. The van der Waals surface area contributed by atoms with Gasteiger partial charge in [-0.15, -0.1) is 0 Å². The number of ether oxygens (including phenoxy) is 1. The van der Waals surface area contributed by atoms with Gasteiger partial charge in [0.25, 0.3) is 0 Å². The highest BCUT2D eigenvalue weighted by molar-refractivity contribution is 5.86. The lowest BCUT2D eigenvalue weighted by Gasteiger charge is -2.33. The van der Waals surface area contributed by atoms with Gasteiger partial charge < -0.3 is 4.74 Å². The Labute approximate surface area is 126 Å². The average Bonchev–Trinajstić information content (AvgIpc) is 2.53. The Balaban J connectivity index is 2.25. The molecule has 0 heterocycles. The Morgan fingerprint density at radius 3 is 1.67 bits per heavy atom. The molecule has 0 aromatic carbocycles. The van der Waals surface area contributed by atoms with E-state index in [1.807, 2.05) is 0 Å². The van der Waals surface area contributed by atoms with E-state index in [9.17, 15) is 9.59 Å². The number of azo groups is 1. The van der Waals surface area contributed by atoms with Crippen LogP contribution in [-0.2, 0) is 14.3 Å². The van der Waals surface area contributed by atoms with Crippen LogP contribution in [0.3, 0.4) is 0 Å². The van der Waals surface area contributed by atoms with Crippen molar-refractivity contribution in [2.45, 2.75) is 82.2 Å². The van der Waals surface area contributed by atoms with Gasteiger partial charge in [-0.2, -0.15) is 10.2 Å². The van der Waals surface area contributed by atoms with Crippen LogP contribution in [0.1, 0.15) is 71.1 Å². The first-order valence-electron chi connectivity index (χ1n) is 8.08. The van der Waals surface area contributed by atoms with Crippen molar-refractivity contribution in [1.82, 2.24) is 0 Å². The van der Waals surface area contributed by atoms with E-state index >= 15 is 0 Å². The second-order valence-corrected chi connectivity index (χ2v) is 6.43. The van der Waals surface area contributed by atoms with E-state index in [-0.39, 0.29) is 11.8 Å². The molecule has 0 spiro atoms. The summed E-state index contributed by atoms with van der Waals surface area (Å²) in [6, 6.07) is 0. The predicted octanol–water partition coefficient (Wildman–Crippen LogP) is 3.61. The van der Waals surface area contributed by atoms with Crippen molar-refractivity contribution in [2.24, 2.45) is 10.2 Å². The van der Waals surface area contributed by atoms with Crippen LogP contribution in [0, 0.1) is 0 Å². The molecule has 2 saturated carbocycles. The molecule has 2 aliphatic carbocycles. The first kappa shape index (κ1) is 16.1. The third-order valence-corrected chi connectivity index (χ3v) is 5.01. The zero-order chi connectivity index (χ0) is 15.3. The molecule has 0 unspecified atom stereocenters. The summed E-state index contributed by atoms with van der Waals surface area (Å²) in [5, 5.41) is 8.89. The molecule has 2 fully saturated rings. The molecule has 0 aromatic rings. The summed E-state index contributed by atoms with van der Waals surface area (Å²) >= 11 is 0. The zero-order valence-electron chi connectivity index (χ0n) is 13.2. The van der Waals surface area contributed by atoms with Gasteiger partial charge in [0.15, 0.2) is 11.3 Å². The van der Waals surface area contributed by atoms with Crippen molar-refractivity contribution < 1.29 is 14.3 Å². The van der Waals surface area contributed by atoms with Crippen molar-refractivity contribution in [3.8, 4) is 0 Å². The van der Waals surface area contributed by atoms with Gasteiger partial charge in [-0.3, -0.25) is 4.79 Å². The summed E-state index contributed by atoms with van der Waals surface area (Å²) in [5.74, 6) is -0.234. The maximum atomic E-state index is 12.2. The van der Waals surface area contributed by atoms with Crippen LogP contribution in [0.2, 0.25) is 0 Å². The highest BCUT2D eigenvalue weighted by Crippen LogP contribution is 2.37. The lowest BCUT2D eigenvalue weighted by Crippen LogP contribution is -2.42. The molecule has 2 rings (SSSR count). The molecular formula is C16H26N2O3. The number of ketones is 1. The second kappa shape index (κ2) is 6.67. The molecule has 0 aliphatic heterocycles. The average molecular weight is 294 g/mol. The van der Waals surface area contributed by atoms with Gasteiger partial charge in [-0.05, 0) is 32.6 Å². The maximum Gasteiger partial charge on any atom is 0.335 e. The fourth-order valence-corrected chi connectivity index (χ4v) is 3.52. The van der Waals surface area contributed by atoms with Crippen LogP contribution in [0.15, 0.2) is 10.2 Å². The fourth-order valence-electron chi connectivity index (χ4n) is 3.52. The minimum atomic E-state index is -0.854. The van der Waals surface area contributed by atoms with Crippen molar-refractivity contribution in [1.29, 1.82) is 0 Å². The Kier molecular flexibility index (Phi) is 5.12. The highest BCUT2D eigenvalue weighted by Gasteiger charge is 2.43. The number of carbonyl (C=O) groups is 2. The van der Waals surface area contributed by atoms with Crippen molar-refractivity contribution in [3.63, 3.8) is 0 Å². The van der Waals surface area contributed by atoms with Crippen LogP contribution < -0.4 is 0 Å². The zero-order valence-corrected chi connectivity index (χ0v) is 13.2. The van der Waals surface area contributed by atoms with Crippen molar-refractivity contribution in [2.75, 3.05) is 7.11 Å². The molecule has 118 valence electrons. The third-order valence-electron chi connectivity index (χ3n) is 5.01. The van der Waals surface area contributed by atoms with Gasteiger partial charge in [0.1, 0.15) is 5.54 Å². The molecule has 0 amide bonds. The number of hydrogen-bond acceptors (Lipinski definition) is 5. The lowest BCUT2D eigenvalue weighted by atomic mass is 9.79. The normalized spacial score (nSPS) is 24.7. The lowest BCUT2D eigenvalue weighted by molar-refractivity contribution is -0.148. The van der Waals surface area contributed by atoms with Crippen LogP contribution in [-0.4, -0.2) is 29.9 Å². The highest BCUT2D eigenvalue weighted by atomic mass is 16.5. The molecule has 0 saturated heterocycles. The van der Waals surface area contributed by atoms with Gasteiger partial charge in [0.05, 0.1) is 7.11 Å². The minimum Gasteiger partial charge on any atom is -0.467 e. The number of Topliss-reactive ketones (excluding diaryl/α,β-unsaturated/α-hetero) is 1. The van der Waals surface area contributed by atoms with E-state index in [4.69, 9.17) is 4.74 Å². The molecule has 5 heteroatoms. The number of nitrogens with zero attached hydrogens (tertiary/aromatic N) is 2. The summed E-state index contributed by atoms with van der Waals surface area (Å²) in [6.45, 7) is 1.59. The van der Waals surface area contributed by atoms with Crippen molar-refractivity contribution >= 4 is 11.8 Å². The van der Waals surface area contributed by atoms with E-state index in [0.29, 0.717) is 12.8 Å². The Morgan fingerprint density at radius 1 is 0.810 bits per heavy atom. The third kappa shape index (κ3) is 3.33. The summed E-state index contributed by atoms with van der Waals surface area (Å²) < 4.78 is 4.95. The molecule has 5 nitrogen and oxygen atoms in total. The Hall–Kier alpha value is -1.26. The van der Waals surface area contributed by atoms with Crippen LogP contribution in [0.5, 0.6) is 0 Å². The van der Waals surface area contributed by atoms with Crippen LogP contribution in [0.4, 0.5) is 0 Å². The summed E-state index contributed by atoms with van der Waals surface area (Å²) in [4.78, 5) is 24.2. The number of carbonyl (C=O) groups excluding carboxylic acids is 2. The molecular weight excluding hydrogens is 268 g/mol. The minimum absolute atomic E-state index is 0.0711.